The molecule has 0 unspecified atom stereocenters. The molecule has 4 heteroatoms. The number of aliphatic hydroxyl groups excluding tert-OH is 1. The first-order valence-electron chi connectivity index (χ1n) is 7.93. The molecule has 4 nitrogen and oxygen atoms in total. The molecule has 1 heterocycles. The third kappa shape index (κ3) is 4.04. The highest BCUT2D eigenvalue weighted by molar-refractivity contribution is 5.59. The van der Waals surface area contributed by atoms with Gasteiger partial charge in [-0.25, -0.2) is 0 Å². The Labute approximate surface area is 141 Å². The third-order valence-corrected chi connectivity index (χ3v) is 3.84. The SMILES string of the molecule is COc1cccc(-c2ccc(CNC[C@@H](O)c3ccccc3)o2)c1. The second kappa shape index (κ2) is 7.81. The second-order valence-corrected chi connectivity index (χ2v) is 5.56. The van der Waals surface area contributed by atoms with Crippen molar-refractivity contribution in [2.24, 2.45) is 0 Å². The quantitative estimate of drug-likeness (QED) is 0.695. The van der Waals surface area contributed by atoms with Crippen LogP contribution in [0, 0.1) is 0 Å². The summed E-state index contributed by atoms with van der Waals surface area (Å²) >= 11 is 0. The lowest BCUT2D eigenvalue weighted by Gasteiger charge is -2.11. The summed E-state index contributed by atoms with van der Waals surface area (Å²) < 4.78 is 11.1. The van der Waals surface area contributed by atoms with E-state index in [4.69, 9.17) is 9.15 Å². The average molecular weight is 323 g/mol. The van der Waals surface area contributed by atoms with Crippen LogP contribution in [-0.2, 0) is 6.54 Å². The van der Waals surface area contributed by atoms with Crippen molar-refractivity contribution in [2.75, 3.05) is 13.7 Å². The van der Waals surface area contributed by atoms with E-state index in [1.807, 2.05) is 66.7 Å². The van der Waals surface area contributed by atoms with E-state index < -0.39 is 6.10 Å². The summed E-state index contributed by atoms with van der Waals surface area (Å²) in [6.07, 6.45) is -0.529. The highest BCUT2D eigenvalue weighted by Gasteiger charge is 2.08. The Morgan fingerprint density at radius 3 is 2.67 bits per heavy atom. The van der Waals surface area contributed by atoms with E-state index in [-0.39, 0.29) is 0 Å². The number of methoxy groups -OCH3 is 1. The monoisotopic (exact) mass is 323 g/mol. The molecule has 1 atom stereocenters. The van der Waals surface area contributed by atoms with Crippen LogP contribution in [-0.4, -0.2) is 18.8 Å². The van der Waals surface area contributed by atoms with E-state index >= 15 is 0 Å². The van der Waals surface area contributed by atoms with Gasteiger partial charge in [-0.3, -0.25) is 0 Å². The first kappa shape index (κ1) is 16.3. The number of rotatable bonds is 7. The lowest BCUT2D eigenvalue weighted by molar-refractivity contribution is 0.173. The molecular weight excluding hydrogens is 302 g/mol. The molecule has 2 aromatic carbocycles. The lowest BCUT2D eigenvalue weighted by Crippen LogP contribution is -2.20. The summed E-state index contributed by atoms with van der Waals surface area (Å²) in [6, 6.07) is 21.3. The van der Waals surface area contributed by atoms with Gasteiger partial charge in [-0.15, -0.1) is 0 Å². The van der Waals surface area contributed by atoms with Crippen molar-refractivity contribution in [1.29, 1.82) is 0 Å². The Hall–Kier alpha value is -2.56. The minimum atomic E-state index is -0.529. The predicted molar refractivity (Wildman–Crippen MR) is 93.8 cm³/mol. The van der Waals surface area contributed by atoms with Gasteiger partial charge >= 0.3 is 0 Å². The van der Waals surface area contributed by atoms with Gasteiger partial charge in [0.15, 0.2) is 0 Å². The van der Waals surface area contributed by atoms with Gasteiger partial charge in [0.25, 0.3) is 0 Å². The van der Waals surface area contributed by atoms with Crippen LogP contribution in [0.3, 0.4) is 0 Å². The van der Waals surface area contributed by atoms with E-state index in [1.54, 1.807) is 7.11 Å². The number of furan rings is 1. The molecule has 0 bridgehead atoms. The van der Waals surface area contributed by atoms with Crippen molar-refractivity contribution in [3.05, 3.63) is 78.1 Å². The van der Waals surface area contributed by atoms with E-state index in [0.717, 1.165) is 28.4 Å². The van der Waals surface area contributed by atoms with E-state index in [1.165, 1.54) is 0 Å². The fourth-order valence-electron chi connectivity index (χ4n) is 2.53. The number of hydrogen-bond donors (Lipinski definition) is 2. The number of aliphatic hydroxyl groups is 1. The summed E-state index contributed by atoms with van der Waals surface area (Å²) in [4.78, 5) is 0. The molecule has 2 N–H and O–H groups in total. The molecular formula is C20H21NO3. The predicted octanol–water partition coefficient (Wildman–Crippen LogP) is 3.78. The Morgan fingerprint density at radius 1 is 1.04 bits per heavy atom. The fraction of sp³-hybridized carbons (Fsp3) is 0.200. The molecule has 3 aromatic rings. The van der Waals surface area contributed by atoms with Crippen LogP contribution in [0.2, 0.25) is 0 Å². The van der Waals surface area contributed by atoms with Gasteiger partial charge < -0.3 is 19.6 Å². The maximum absolute atomic E-state index is 10.1. The summed E-state index contributed by atoms with van der Waals surface area (Å²) in [5.74, 6) is 2.43. The zero-order chi connectivity index (χ0) is 16.8. The second-order valence-electron chi connectivity index (χ2n) is 5.56. The van der Waals surface area contributed by atoms with Gasteiger partial charge in [0.2, 0.25) is 0 Å². The summed E-state index contributed by atoms with van der Waals surface area (Å²) in [6.45, 7) is 1.03. The lowest BCUT2D eigenvalue weighted by atomic mass is 10.1. The van der Waals surface area contributed by atoms with E-state index in [0.29, 0.717) is 13.1 Å². The molecule has 0 fully saturated rings. The number of benzene rings is 2. The van der Waals surface area contributed by atoms with Crippen molar-refractivity contribution in [3.8, 4) is 17.1 Å². The minimum absolute atomic E-state index is 0.471. The maximum atomic E-state index is 10.1. The van der Waals surface area contributed by atoms with Gasteiger partial charge in [-0.2, -0.15) is 0 Å². The molecule has 0 aliphatic rings. The van der Waals surface area contributed by atoms with Crippen LogP contribution >= 0.6 is 0 Å². The summed E-state index contributed by atoms with van der Waals surface area (Å²) in [5, 5.41) is 13.4. The van der Waals surface area contributed by atoms with Gasteiger partial charge in [-0.1, -0.05) is 42.5 Å². The Morgan fingerprint density at radius 2 is 1.88 bits per heavy atom. The normalized spacial score (nSPS) is 12.1. The van der Waals surface area contributed by atoms with Crippen LogP contribution in [0.15, 0.2) is 71.1 Å². The number of hydrogen-bond acceptors (Lipinski definition) is 4. The van der Waals surface area contributed by atoms with E-state index in [9.17, 15) is 5.11 Å². The smallest absolute Gasteiger partial charge is 0.134 e. The van der Waals surface area contributed by atoms with Crippen LogP contribution < -0.4 is 10.1 Å². The summed E-state index contributed by atoms with van der Waals surface area (Å²) in [5.41, 5.74) is 1.88. The molecule has 0 saturated heterocycles. The van der Waals surface area contributed by atoms with Crippen molar-refractivity contribution in [1.82, 2.24) is 5.32 Å². The zero-order valence-electron chi connectivity index (χ0n) is 13.6. The van der Waals surface area contributed by atoms with Crippen molar-refractivity contribution in [3.63, 3.8) is 0 Å². The van der Waals surface area contributed by atoms with Gasteiger partial charge in [0.1, 0.15) is 17.3 Å². The molecule has 24 heavy (non-hydrogen) atoms. The highest BCUT2D eigenvalue weighted by atomic mass is 16.5. The highest BCUT2D eigenvalue weighted by Crippen LogP contribution is 2.25. The Bertz CT molecular complexity index is 767. The molecule has 0 saturated carbocycles. The first-order chi connectivity index (χ1) is 11.8. The van der Waals surface area contributed by atoms with Crippen LogP contribution in [0.1, 0.15) is 17.4 Å². The molecule has 3 rings (SSSR count). The van der Waals surface area contributed by atoms with Gasteiger partial charge in [0, 0.05) is 12.1 Å². The topological polar surface area (TPSA) is 54.6 Å². The van der Waals surface area contributed by atoms with E-state index in [2.05, 4.69) is 5.32 Å². The van der Waals surface area contributed by atoms with Crippen molar-refractivity contribution < 1.29 is 14.3 Å². The van der Waals surface area contributed by atoms with Gasteiger partial charge in [-0.05, 0) is 29.8 Å². The molecule has 0 amide bonds. The molecule has 0 radical (unpaired) electrons. The minimum Gasteiger partial charge on any atom is -0.497 e. The molecule has 1 aromatic heterocycles. The third-order valence-electron chi connectivity index (χ3n) is 3.84. The van der Waals surface area contributed by atoms with Crippen LogP contribution in [0.5, 0.6) is 5.75 Å². The maximum Gasteiger partial charge on any atom is 0.134 e. The molecule has 0 aliphatic carbocycles. The fourth-order valence-corrected chi connectivity index (χ4v) is 2.53. The molecule has 124 valence electrons. The van der Waals surface area contributed by atoms with Crippen molar-refractivity contribution in [2.45, 2.75) is 12.6 Å². The van der Waals surface area contributed by atoms with Crippen LogP contribution in [0.4, 0.5) is 0 Å². The largest absolute Gasteiger partial charge is 0.497 e. The molecule has 0 aliphatic heterocycles. The first-order valence-corrected chi connectivity index (χ1v) is 7.93. The Balaban J connectivity index is 1.56. The standard InChI is InChI=1S/C20H21NO3/c1-23-17-9-5-8-16(12-17)20-11-10-18(24-20)13-21-14-19(22)15-6-3-2-4-7-15/h2-12,19,21-22H,13-14H2,1H3/t19-/m1/s1. The van der Waals surface area contributed by atoms with Crippen molar-refractivity contribution >= 4 is 0 Å². The van der Waals surface area contributed by atoms with Crippen LogP contribution in [0.25, 0.3) is 11.3 Å². The zero-order valence-corrected chi connectivity index (χ0v) is 13.6. The number of nitrogens with one attached hydrogen (secondary N) is 1. The Kier molecular flexibility index (Phi) is 5.31. The number of ether oxygens (including phenoxy) is 1. The average Bonchev–Trinajstić information content (AvgIpc) is 3.11. The summed E-state index contributed by atoms with van der Waals surface area (Å²) in [7, 11) is 1.65. The molecule has 0 spiro atoms. The van der Waals surface area contributed by atoms with Gasteiger partial charge in [0.05, 0.1) is 19.8 Å².